The molecule has 2 atom stereocenters. The van der Waals surface area contributed by atoms with Crippen molar-refractivity contribution in [2.75, 3.05) is 13.2 Å². The standard InChI is InChI=1S/C15H14N2O2/c16-9-15(5-7-19-10-15)14(18)12-3-4-13-11(8-12)2-1-6-17-13/h1-4,6,8,14,18H,5,7,10H2. The van der Waals surface area contributed by atoms with Gasteiger partial charge in [0.05, 0.1) is 24.3 Å². The van der Waals surface area contributed by atoms with E-state index in [4.69, 9.17) is 4.74 Å². The highest BCUT2D eigenvalue weighted by Crippen LogP contribution is 2.41. The first-order valence-electron chi connectivity index (χ1n) is 6.27. The maximum atomic E-state index is 10.5. The van der Waals surface area contributed by atoms with Crippen molar-refractivity contribution < 1.29 is 9.84 Å². The molecule has 96 valence electrons. The zero-order valence-electron chi connectivity index (χ0n) is 10.4. The first-order chi connectivity index (χ1) is 9.25. The highest BCUT2D eigenvalue weighted by Gasteiger charge is 2.43. The number of aliphatic hydroxyl groups excluding tert-OH is 1. The Morgan fingerprint density at radius 3 is 3.05 bits per heavy atom. The Morgan fingerprint density at radius 1 is 1.42 bits per heavy atom. The number of benzene rings is 1. The summed E-state index contributed by atoms with van der Waals surface area (Å²) in [6, 6.07) is 11.6. The molecule has 1 N–H and O–H groups in total. The highest BCUT2D eigenvalue weighted by atomic mass is 16.5. The van der Waals surface area contributed by atoms with Gasteiger partial charge in [-0.3, -0.25) is 4.98 Å². The first kappa shape index (κ1) is 12.1. The summed E-state index contributed by atoms with van der Waals surface area (Å²) in [6.07, 6.45) is 1.47. The second-order valence-corrected chi connectivity index (χ2v) is 4.93. The van der Waals surface area contributed by atoms with Crippen molar-refractivity contribution in [1.82, 2.24) is 4.98 Å². The number of aliphatic hydroxyl groups is 1. The van der Waals surface area contributed by atoms with Gasteiger partial charge in [0.2, 0.25) is 0 Å². The molecule has 2 heterocycles. The number of aromatic nitrogens is 1. The van der Waals surface area contributed by atoms with Crippen molar-refractivity contribution in [1.29, 1.82) is 5.26 Å². The molecule has 0 amide bonds. The van der Waals surface area contributed by atoms with Crippen LogP contribution in [0.2, 0.25) is 0 Å². The summed E-state index contributed by atoms with van der Waals surface area (Å²) in [6.45, 7) is 0.815. The van der Waals surface area contributed by atoms with Crippen molar-refractivity contribution in [3.05, 3.63) is 42.1 Å². The minimum atomic E-state index is -0.829. The van der Waals surface area contributed by atoms with E-state index in [2.05, 4.69) is 11.1 Å². The first-order valence-corrected chi connectivity index (χ1v) is 6.27. The molecule has 1 fully saturated rings. The Balaban J connectivity index is 2.02. The van der Waals surface area contributed by atoms with Gasteiger partial charge >= 0.3 is 0 Å². The van der Waals surface area contributed by atoms with Crippen LogP contribution in [-0.4, -0.2) is 23.3 Å². The molecule has 0 spiro atoms. The van der Waals surface area contributed by atoms with Crippen LogP contribution in [0.3, 0.4) is 0 Å². The number of pyridine rings is 1. The Morgan fingerprint density at radius 2 is 2.32 bits per heavy atom. The second kappa shape index (κ2) is 4.61. The minimum Gasteiger partial charge on any atom is -0.387 e. The van der Waals surface area contributed by atoms with Gasteiger partial charge in [-0.2, -0.15) is 5.26 Å². The lowest BCUT2D eigenvalue weighted by Gasteiger charge is -2.25. The van der Waals surface area contributed by atoms with Crippen LogP contribution in [0.25, 0.3) is 10.9 Å². The molecular formula is C15H14N2O2. The third kappa shape index (κ3) is 1.97. The average Bonchev–Trinajstić information content (AvgIpc) is 2.96. The Bertz CT molecular complexity index is 642. The topological polar surface area (TPSA) is 66.1 Å². The van der Waals surface area contributed by atoms with Crippen molar-refractivity contribution >= 4 is 10.9 Å². The molecule has 0 saturated carbocycles. The lowest BCUT2D eigenvalue weighted by molar-refractivity contribution is 0.0505. The van der Waals surface area contributed by atoms with Gasteiger partial charge in [-0.05, 0) is 30.2 Å². The average molecular weight is 254 g/mol. The Hall–Kier alpha value is -1.96. The van der Waals surface area contributed by atoms with Gasteiger partial charge in [0.25, 0.3) is 0 Å². The summed E-state index contributed by atoms with van der Waals surface area (Å²) in [5.74, 6) is 0. The van der Waals surface area contributed by atoms with Crippen LogP contribution in [0.5, 0.6) is 0 Å². The minimum absolute atomic E-state index is 0.287. The molecule has 3 rings (SSSR count). The summed E-state index contributed by atoms with van der Waals surface area (Å²) in [5.41, 5.74) is 0.801. The summed E-state index contributed by atoms with van der Waals surface area (Å²) >= 11 is 0. The Labute approximate surface area is 111 Å². The third-order valence-electron chi connectivity index (χ3n) is 3.74. The molecule has 1 aliphatic rings. The summed E-state index contributed by atoms with van der Waals surface area (Å²) in [7, 11) is 0. The predicted octanol–water partition coefficient (Wildman–Crippen LogP) is 2.20. The van der Waals surface area contributed by atoms with Crippen LogP contribution in [0.4, 0.5) is 0 Å². The van der Waals surface area contributed by atoms with Gasteiger partial charge in [0.15, 0.2) is 0 Å². The third-order valence-corrected chi connectivity index (χ3v) is 3.74. The largest absolute Gasteiger partial charge is 0.387 e. The van der Waals surface area contributed by atoms with Gasteiger partial charge in [0, 0.05) is 18.2 Å². The van der Waals surface area contributed by atoms with E-state index in [9.17, 15) is 10.4 Å². The van der Waals surface area contributed by atoms with Crippen LogP contribution in [0.15, 0.2) is 36.5 Å². The van der Waals surface area contributed by atoms with Gasteiger partial charge in [-0.25, -0.2) is 0 Å². The number of nitriles is 1. The van der Waals surface area contributed by atoms with Crippen LogP contribution in [0, 0.1) is 16.7 Å². The van der Waals surface area contributed by atoms with E-state index < -0.39 is 11.5 Å². The molecule has 4 heteroatoms. The molecule has 2 aromatic rings. The molecule has 1 saturated heterocycles. The molecule has 1 aromatic carbocycles. The van der Waals surface area contributed by atoms with Crippen molar-refractivity contribution in [3.8, 4) is 6.07 Å². The summed E-state index contributed by atoms with van der Waals surface area (Å²) in [5, 5.41) is 20.8. The fraction of sp³-hybridized carbons (Fsp3) is 0.333. The van der Waals surface area contributed by atoms with Crippen LogP contribution in [0.1, 0.15) is 18.1 Å². The molecule has 0 radical (unpaired) electrons. The molecule has 1 aromatic heterocycles. The lowest BCUT2D eigenvalue weighted by atomic mass is 9.79. The van der Waals surface area contributed by atoms with E-state index in [1.54, 1.807) is 6.20 Å². The SMILES string of the molecule is N#CC1(C(O)c2ccc3ncccc3c2)CCOC1. The zero-order valence-corrected chi connectivity index (χ0v) is 10.4. The summed E-state index contributed by atoms with van der Waals surface area (Å²) < 4.78 is 5.29. The van der Waals surface area contributed by atoms with E-state index in [1.807, 2.05) is 30.3 Å². The van der Waals surface area contributed by atoms with Crippen molar-refractivity contribution in [2.45, 2.75) is 12.5 Å². The molecule has 0 bridgehead atoms. The number of ether oxygens (including phenoxy) is 1. The highest BCUT2D eigenvalue weighted by molar-refractivity contribution is 5.79. The zero-order chi connectivity index (χ0) is 13.3. The summed E-state index contributed by atoms with van der Waals surface area (Å²) in [4.78, 5) is 4.25. The number of hydrogen-bond acceptors (Lipinski definition) is 4. The predicted molar refractivity (Wildman–Crippen MR) is 70.2 cm³/mol. The number of hydrogen-bond donors (Lipinski definition) is 1. The van der Waals surface area contributed by atoms with E-state index in [0.717, 1.165) is 16.5 Å². The van der Waals surface area contributed by atoms with E-state index in [-0.39, 0.29) is 6.61 Å². The molecule has 0 aliphatic carbocycles. The second-order valence-electron chi connectivity index (χ2n) is 4.93. The number of rotatable bonds is 2. The van der Waals surface area contributed by atoms with Gasteiger partial charge in [0.1, 0.15) is 5.41 Å². The van der Waals surface area contributed by atoms with Gasteiger partial charge in [-0.1, -0.05) is 12.1 Å². The lowest BCUT2D eigenvalue weighted by Crippen LogP contribution is -2.27. The fourth-order valence-corrected chi connectivity index (χ4v) is 2.53. The molecule has 1 aliphatic heterocycles. The Kier molecular flexibility index (Phi) is 2.94. The fourth-order valence-electron chi connectivity index (χ4n) is 2.53. The van der Waals surface area contributed by atoms with Crippen molar-refractivity contribution in [3.63, 3.8) is 0 Å². The maximum absolute atomic E-state index is 10.5. The molecule has 2 unspecified atom stereocenters. The quantitative estimate of drug-likeness (QED) is 0.892. The maximum Gasteiger partial charge on any atom is 0.113 e. The number of fused-ring (bicyclic) bond motifs is 1. The van der Waals surface area contributed by atoms with E-state index in [1.165, 1.54) is 0 Å². The van der Waals surface area contributed by atoms with Gasteiger partial charge in [-0.15, -0.1) is 0 Å². The normalized spacial score (nSPS) is 24.2. The molecular weight excluding hydrogens is 240 g/mol. The van der Waals surface area contributed by atoms with Crippen molar-refractivity contribution in [2.24, 2.45) is 5.41 Å². The van der Waals surface area contributed by atoms with Crippen LogP contribution >= 0.6 is 0 Å². The van der Waals surface area contributed by atoms with E-state index >= 15 is 0 Å². The molecule has 19 heavy (non-hydrogen) atoms. The number of nitrogens with zero attached hydrogens (tertiary/aromatic N) is 2. The van der Waals surface area contributed by atoms with Crippen LogP contribution < -0.4 is 0 Å². The monoisotopic (exact) mass is 254 g/mol. The van der Waals surface area contributed by atoms with Crippen LogP contribution in [-0.2, 0) is 4.74 Å². The van der Waals surface area contributed by atoms with E-state index in [0.29, 0.717) is 13.0 Å². The van der Waals surface area contributed by atoms with Gasteiger partial charge < -0.3 is 9.84 Å². The molecule has 4 nitrogen and oxygen atoms in total. The smallest absolute Gasteiger partial charge is 0.113 e.